The van der Waals surface area contributed by atoms with E-state index in [4.69, 9.17) is 4.74 Å². The molecule has 1 amide bonds. The number of ether oxygens (including phenoxy) is 1. The second-order valence-electron chi connectivity index (χ2n) is 8.33. The van der Waals surface area contributed by atoms with Gasteiger partial charge < -0.3 is 9.64 Å². The Bertz CT molecular complexity index is 908. The van der Waals surface area contributed by atoms with Gasteiger partial charge in [0, 0.05) is 18.5 Å². The molecule has 4 nitrogen and oxygen atoms in total. The summed E-state index contributed by atoms with van der Waals surface area (Å²) >= 11 is 0. The van der Waals surface area contributed by atoms with E-state index in [0.29, 0.717) is 13.2 Å². The second-order valence-corrected chi connectivity index (χ2v) is 8.33. The molecule has 2 aromatic rings. The van der Waals surface area contributed by atoms with Crippen LogP contribution in [0.2, 0.25) is 0 Å². The molecule has 0 aromatic heterocycles. The van der Waals surface area contributed by atoms with Crippen molar-refractivity contribution >= 4 is 11.9 Å². The number of rotatable bonds is 6. The first-order valence-corrected chi connectivity index (χ1v) is 10.8. The Kier molecular flexibility index (Phi) is 6.03. The fourth-order valence-corrected chi connectivity index (χ4v) is 5.09. The van der Waals surface area contributed by atoms with Crippen molar-refractivity contribution in [2.45, 2.75) is 32.9 Å². The first-order valence-electron chi connectivity index (χ1n) is 10.8. The van der Waals surface area contributed by atoms with Gasteiger partial charge in [-0.05, 0) is 30.4 Å². The quantitative estimate of drug-likeness (QED) is 0.535. The van der Waals surface area contributed by atoms with Crippen LogP contribution >= 0.6 is 0 Å². The van der Waals surface area contributed by atoms with E-state index in [-0.39, 0.29) is 41.6 Å². The smallest absolute Gasteiger partial charge is 0.309 e. The molecule has 4 heteroatoms. The largest absolute Gasteiger partial charge is 0.466 e. The van der Waals surface area contributed by atoms with E-state index in [1.54, 1.807) is 0 Å². The molecule has 5 atom stereocenters. The minimum Gasteiger partial charge on any atom is -0.466 e. The number of likely N-dealkylation sites (tertiary alicyclic amines) is 1. The molecule has 0 bridgehead atoms. The van der Waals surface area contributed by atoms with Gasteiger partial charge in [0.15, 0.2) is 0 Å². The summed E-state index contributed by atoms with van der Waals surface area (Å²) in [5.41, 5.74) is 2.28. The maximum atomic E-state index is 13.5. The number of amides is 1. The van der Waals surface area contributed by atoms with Gasteiger partial charge in [-0.2, -0.15) is 0 Å². The van der Waals surface area contributed by atoms with Gasteiger partial charge in [0.05, 0.1) is 18.4 Å². The molecular formula is C26H29NO3. The summed E-state index contributed by atoms with van der Waals surface area (Å²) < 4.78 is 5.44. The van der Waals surface area contributed by atoms with Crippen LogP contribution in [0.5, 0.6) is 0 Å². The molecule has 0 radical (unpaired) electrons. The predicted octanol–water partition coefficient (Wildman–Crippen LogP) is 4.26. The first kappa shape index (κ1) is 20.4. The standard InChI is InChI=1S/C26H29NO3/c1-3-30-26(29)23-18(2)14-15-21-24(23)22(16-19-10-6-4-7-11-19)27(25(21)28)17-20-12-8-5-9-13-20/h4-15,18,21-24H,3,16-17H2,1-2H3/t18-,21+,22+,23+,24-/m1/s1. The van der Waals surface area contributed by atoms with Crippen LogP contribution in [0.1, 0.15) is 25.0 Å². The summed E-state index contributed by atoms with van der Waals surface area (Å²) in [6.45, 7) is 4.80. The van der Waals surface area contributed by atoms with Crippen LogP contribution in [0.3, 0.4) is 0 Å². The van der Waals surface area contributed by atoms with E-state index in [9.17, 15) is 9.59 Å². The van der Waals surface area contributed by atoms with Crippen LogP contribution in [0.25, 0.3) is 0 Å². The summed E-state index contributed by atoms with van der Waals surface area (Å²) in [4.78, 5) is 28.4. The lowest BCUT2D eigenvalue weighted by Crippen LogP contribution is -2.43. The van der Waals surface area contributed by atoms with Gasteiger partial charge in [0.2, 0.25) is 5.91 Å². The van der Waals surface area contributed by atoms with Crippen molar-refractivity contribution in [2.75, 3.05) is 6.61 Å². The minimum atomic E-state index is -0.307. The lowest BCUT2D eigenvalue weighted by atomic mass is 9.69. The van der Waals surface area contributed by atoms with Crippen molar-refractivity contribution in [1.82, 2.24) is 4.90 Å². The topological polar surface area (TPSA) is 46.6 Å². The summed E-state index contributed by atoms with van der Waals surface area (Å²) in [7, 11) is 0. The SMILES string of the molecule is CCOC(=O)[C@@H]1[C@@H]2[C@H](C=C[C@H]1C)C(=O)N(Cc1ccccc1)[C@H]2Cc1ccccc1. The predicted molar refractivity (Wildman–Crippen MR) is 116 cm³/mol. The number of hydrogen-bond donors (Lipinski definition) is 0. The fourth-order valence-electron chi connectivity index (χ4n) is 5.09. The van der Waals surface area contributed by atoms with Crippen molar-refractivity contribution < 1.29 is 14.3 Å². The van der Waals surface area contributed by atoms with E-state index in [1.165, 1.54) is 5.56 Å². The molecule has 1 aliphatic carbocycles. The van der Waals surface area contributed by atoms with Crippen molar-refractivity contribution in [2.24, 2.45) is 23.7 Å². The Morgan fingerprint density at radius 2 is 1.60 bits per heavy atom. The maximum Gasteiger partial charge on any atom is 0.309 e. The fraction of sp³-hybridized carbons (Fsp3) is 0.385. The van der Waals surface area contributed by atoms with E-state index in [2.05, 4.69) is 31.2 Å². The average molecular weight is 404 g/mol. The maximum absolute atomic E-state index is 13.5. The average Bonchev–Trinajstić information content (AvgIpc) is 3.01. The Balaban J connectivity index is 1.72. The molecule has 0 saturated carbocycles. The van der Waals surface area contributed by atoms with Crippen LogP contribution in [-0.2, 0) is 27.3 Å². The van der Waals surface area contributed by atoms with Crippen molar-refractivity contribution in [3.8, 4) is 0 Å². The molecule has 0 N–H and O–H groups in total. The summed E-state index contributed by atoms with van der Waals surface area (Å²) in [5, 5.41) is 0. The third-order valence-corrected chi connectivity index (χ3v) is 6.47. The number of carbonyl (C=O) groups is 2. The third kappa shape index (κ3) is 3.91. The molecule has 1 aliphatic heterocycles. The number of carbonyl (C=O) groups excluding carboxylic acids is 2. The minimum absolute atomic E-state index is 0.0491. The molecule has 4 rings (SSSR count). The second kappa shape index (κ2) is 8.86. The van der Waals surface area contributed by atoms with Crippen molar-refractivity contribution in [3.63, 3.8) is 0 Å². The molecular weight excluding hydrogens is 374 g/mol. The van der Waals surface area contributed by atoms with Crippen LogP contribution in [0.4, 0.5) is 0 Å². The Morgan fingerprint density at radius 1 is 0.967 bits per heavy atom. The zero-order valence-electron chi connectivity index (χ0n) is 17.6. The molecule has 156 valence electrons. The third-order valence-electron chi connectivity index (χ3n) is 6.47. The van der Waals surface area contributed by atoms with Gasteiger partial charge in [-0.1, -0.05) is 79.7 Å². The number of benzene rings is 2. The van der Waals surface area contributed by atoms with Gasteiger partial charge in [0.25, 0.3) is 0 Å². The molecule has 1 heterocycles. The van der Waals surface area contributed by atoms with Crippen LogP contribution in [-0.4, -0.2) is 29.4 Å². The first-order chi connectivity index (χ1) is 14.6. The summed E-state index contributed by atoms with van der Waals surface area (Å²) in [5.74, 6) is -0.682. The van der Waals surface area contributed by atoms with Crippen LogP contribution < -0.4 is 0 Å². The van der Waals surface area contributed by atoms with E-state index >= 15 is 0 Å². The highest BCUT2D eigenvalue weighted by atomic mass is 16.5. The molecule has 1 saturated heterocycles. The highest BCUT2D eigenvalue weighted by Gasteiger charge is 2.54. The lowest BCUT2D eigenvalue weighted by Gasteiger charge is -2.36. The Hall–Kier alpha value is -2.88. The van der Waals surface area contributed by atoms with Gasteiger partial charge in [0.1, 0.15) is 0 Å². The number of allylic oxidation sites excluding steroid dienone is 1. The van der Waals surface area contributed by atoms with Gasteiger partial charge in [-0.3, -0.25) is 9.59 Å². The molecule has 0 spiro atoms. The van der Waals surface area contributed by atoms with Gasteiger partial charge in [-0.15, -0.1) is 0 Å². The van der Waals surface area contributed by atoms with E-state index in [1.807, 2.05) is 60.4 Å². The Morgan fingerprint density at radius 3 is 2.23 bits per heavy atom. The van der Waals surface area contributed by atoms with Crippen LogP contribution in [0.15, 0.2) is 72.8 Å². The number of esters is 1. The highest BCUT2D eigenvalue weighted by molar-refractivity contribution is 5.86. The lowest BCUT2D eigenvalue weighted by molar-refractivity contribution is -0.152. The highest BCUT2D eigenvalue weighted by Crippen LogP contribution is 2.46. The number of fused-ring (bicyclic) bond motifs is 1. The monoisotopic (exact) mass is 403 g/mol. The molecule has 2 aliphatic rings. The zero-order valence-corrected chi connectivity index (χ0v) is 17.6. The molecule has 1 fully saturated rings. The molecule has 2 aromatic carbocycles. The normalized spacial score (nSPS) is 27.7. The Labute approximate surface area is 178 Å². The van der Waals surface area contributed by atoms with E-state index < -0.39 is 0 Å². The van der Waals surface area contributed by atoms with Crippen molar-refractivity contribution in [1.29, 1.82) is 0 Å². The summed E-state index contributed by atoms with van der Waals surface area (Å²) in [6.07, 6.45) is 4.78. The number of hydrogen-bond acceptors (Lipinski definition) is 3. The van der Waals surface area contributed by atoms with Gasteiger partial charge >= 0.3 is 5.97 Å². The molecule has 0 unspecified atom stereocenters. The molecule has 30 heavy (non-hydrogen) atoms. The van der Waals surface area contributed by atoms with Crippen molar-refractivity contribution in [3.05, 3.63) is 83.9 Å². The summed E-state index contributed by atoms with van der Waals surface area (Å²) in [6, 6.07) is 20.3. The van der Waals surface area contributed by atoms with E-state index in [0.717, 1.165) is 12.0 Å². The van der Waals surface area contributed by atoms with Gasteiger partial charge in [-0.25, -0.2) is 0 Å². The number of nitrogens with zero attached hydrogens (tertiary/aromatic N) is 1. The van der Waals surface area contributed by atoms with Crippen LogP contribution in [0, 0.1) is 23.7 Å². The zero-order chi connectivity index (χ0) is 21.1.